The second-order valence-electron chi connectivity index (χ2n) is 5.21. The molecule has 1 N–H and O–H groups in total. The fourth-order valence-electron chi connectivity index (χ4n) is 2.17. The lowest BCUT2D eigenvalue weighted by atomic mass is 10.1. The molecule has 0 radical (unpaired) electrons. The Bertz CT molecular complexity index is 698. The van der Waals surface area contributed by atoms with Crippen molar-refractivity contribution in [3.63, 3.8) is 0 Å². The highest BCUT2D eigenvalue weighted by atomic mass is 19.1. The minimum atomic E-state index is -0.321. The van der Waals surface area contributed by atoms with Gasteiger partial charge in [0, 0.05) is 24.3 Å². The van der Waals surface area contributed by atoms with Gasteiger partial charge in [-0.1, -0.05) is 12.1 Å². The maximum atomic E-state index is 13.2. The normalized spacial score (nSPS) is 10.2. The zero-order valence-corrected chi connectivity index (χ0v) is 13.2. The van der Waals surface area contributed by atoms with Gasteiger partial charge >= 0.3 is 6.03 Å². The number of hydrogen-bond donors (Lipinski definition) is 1. The lowest BCUT2D eigenvalue weighted by Crippen LogP contribution is -2.34. The van der Waals surface area contributed by atoms with Crippen LogP contribution in [0.15, 0.2) is 48.5 Å². The standard InChI is InChI=1S/C18H19FN2O2/c1-3-21(12-14-5-4-6-16(19)11-14)18(23)20-17-9-7-15(8-10-17)13(2)22/h4-11H,3,12H2,1-2H3,(H,20,23). The Balaban J connectivity index is 2.03. The van der Waals surface area contributed by atoms with Crippen molar-refractivity contribution in [2.75, 3.05) is 11.9 Å². The van der Waals surface area contributed by atoms with E-state index < -0.39 is 0 Å². The summed E-state index contributed by atoms with van der Waals surface area (Å²) in [7, 11) is 0. The average Bonchev–Trinajstić information content (AvgIpc) is 2.53. The molecule has 4 nitrogen and oxygen atoms in total. The number of ketones is 1. The van der Waals surface area contributed by atoms with Crippen molar-refractivity contribution in [2.24, 2.45) is 0 Å². The summed E-state index contributed by atoms with van der Waals surface area (Å²) < 4.78 is 13.2. The zero-order valence-electron chi connectivity index (χ0n) is 13.2. The molecule has 0 saturated carbocycles. The van der Waals surface area contributed by atoms with Crippen LogP contribution in [-0.2, 0) is 6.54 Å². The molecule has 0 spiro atoms. The van der Waals surface area contributed by atoms with Crippen LogP contribution in [0.25, 0.3) is 0 Å². The van der Waals surface area contributed by atoms with Crippen LogP contribution in [0.5, 0.6) is 0 Å². The summed E-state index contributed by atoms with van der Waals surface area (Å²) in [6.45, 7) is 4.17. The Morgan fingerprint density at radius 3 is 2.39 bits per heavy atom. The van der Waals surface area contributed by atoms with Crippen LogP contribution < -0.4 is 5.32 Å². The number of benzene rings is 2. The number of amides is 2. The Labute approximate surface area is 134 Å². The van der Waals surface area contributed by atoms with Crippen molar-refractivity contribution in [1.82, 2.24) is 4.90 Å². The molecule has 0 aliphatic rings. The van der Waals surface area contributed by atoms with Crippen LogP contribution in [-0.4, -0.2) is 23.3 Å². The molecule has 2 aromatic carbocycles. The van der Waals surface area contributed by atoms with Crippen LogP contribution in [0.1, 0.15) is 29.8 Å². The molecule has 2 rings (SSSR count). The quantitative estimate of drug-likeness (QED) is 0.845. The SMILES string of the molecule is CCN(Cc1cccc(F)c1)C(=O)Nc1ccc(C(C)=O)cc1. The topological polar surface area (TPSA) is 49.4 Å². The van der Waals surface area contributed by atoms with Gasteiger partial charge in [0.1, 0.15) is 5.82 Å². The minimum Gasteiger partial charge on any atom is -0.320 e. The van der Waals surface area contributed by atoms with E-state index in [1.807, 2.05) is 6.92 Å². The molecule has 5 heteroatoms. The third-order valence-electron chi connectivity index (χ3n) is 3.47. The van der Waals surface area contributed by atoms with Crippen molar-refractivity contribution >= 4 is 17.5 Å². The van der Waals surface area contributed by atoms with Crippen molar-refractivity contribution in [1.29, 1.82) is 0 Å². The number of urea groups is 1. The summed E-state index contributed by atoms with van der Waals surface area (Å²) in [5.74, 6) is -0.344. The van der Waals surface area contributed by atoms with Crippen molar-refractivity contribution in [2.45, 2.75) is 20.4 Å². The fourth-order valence-corrected chi connectivity index (χ4v) is 2.17. The monoisotopic (exact) mass is 314 g/mol. The Morgan fingerprint density at radius 1 is 1.13 bits per heavy atom. The first-order chi connectivity index (χ1) is 11.0. The maximum Gasteiger partial charge on any atom is 0.322 e. The molecule has 2 aromatic rings. The van der Waals surface area contributed by atoms with E-state index in [1.54, 1.807) is 41.3 Å². The molecule has 0 saturated heterocycles. The van der Waals surface area contributed by atoms with E-state index in [2.05, 4.69) is 5.32 Å². The summed E-state index contributed by atoms with van der Waals surface area (Å²) in [5, 5.41) is 2.78. The first kappa shape index (κ1) is 16.7. The molecule has 2 amide bonds. The Morgan fingerprint density at radius 2 is 1.83 bits per heavy atom. The highest BCUT2D eigenvalue weighted by Crippen LogP contribution is 2.13. The molecule has 120 valence electrons. The van der Waals surface area contributed by atoms with Gasteiger partial charge in [-0.15, -0.1) is 0 Å². The highest BCUT2D eigenvalue weighted by molar-refractivity contribution is 5.95. The molecule has 0 fully saturated rings. The number of nitrogens with one attached hydrogen (secondary N) is 1. The predicted molar refractivity (Wildman–Crippen MR) is 87.9 cm³/mol. The van der Waals surface area contributed by atoms with Crippen LogP contribution in [0.2, 0.25) is 0 Å². The average molecular weight is 314 g/mol. The smallest absolute Gasteiger partial charge is 0.320 e. The summed E-state index contributed by atoms with van der Waals surface area (Å²) in [5.41, 5.74) is 1.93. The number of Topliss-reactive ketones (excluding diaryl/α,β-unsaturated/α-hetero) is 1. The number of nitrogens with zero attached hydrogens (tertiary/aromatic N) is 1. The van der Waals surface area contributed by atoms with Gasteiger partial charge in [0.2, 0.25) is 0 Å². The molecule has 0 aromatic heterocycles. The number of hydrogen-bond acceptors (Lipinski definition) is 2. The van der Waals surface area contributed by atoms with E-state index >= 15 is 0 Å². The van der Waals surface area contributed by atoms with E-state index in [0.29, 0.717) is 24.3 Å². The first-order valence-electron chi connectivity index (χ1n) is 7.41. The number of anilines is 1. The van der Waals surface area contributed by atoms with Gasteiger partial charge in [-0.25, -0.2) is 9.18 Å². The summed E-state index contributed by atoms with van der Waals surface area (Å²) in [6.07, 6.45) is 0. The number of rotatable bonds is 5. The summed E-state index contributed by atoms with van der Waals surface area (Å²) in [4.78, 5) is 25.1. The molecular formula is C18H19FN2O2. The van der Waals surface area contributed by atoms with E-state index in [0.717, 1.165) is 5.56 Å². The lowest BCUT2D eigenvalue weighted by molar-refractivity contribution is 0.101. The number of carbonyl (C=O) groups is 2. The highest BCUT2D eigenvalue weighted by Gasteiger charge is 2.12. The third-order valence-corrected chi connectivity index (χ3v) is 3.47. The lowest BCUT2D eigenvalue weighted by Gasteiger charge is -2.21. The molecule has 23 heavy (non-hydrogen) atoms. The zero-order chi connectivity index (χ0) is 16.8. The van der Waals surface area contributed by atoms with E-state index in [-0.39, 0.29) is 17.6 Å². The second kappa shape index (κ2) is 7.54. The molecule has 0 heterocycles. The van der Waals surface area contributed by atoms with Crippen LogP contribution in [0.3, 0.4) is 0 Å². The largest absolute Gasteiger partial charge is 0.322 e. The van der Waals surface area contributed by atoms with Gasteiger partial charge in [0.25, 0.3) is 0 Å². The van der Waals surface area contributed by atoms with Crippen LogP contribution >= 0.6 is 0 Å². The van der Waals surface area contributed by atoms with Gasteiger partial charge in [-0.3, -0.25) is 4.79 Å². The Kier molecular flexibility index (Phi) is 5.46. The van der Waals surface area contributed by atoms with Crippen LogP contribution in [0.4, 0.5) is 14.9 Å². The summed E-state index contributed by atoms with van der Waals surface area (Å²) >= 11 is 0. The molecular weight excluding hydrogens is 295 g/mol. The fraction of sp³-hybridized carbons (Fsp3) is 0.222. The minimum absolute atomic E-state index is 0.0239. The second-order valence-corrected chi connectivity index (χ2v) is 5.21. The maximum absolute atomic E-state index is 13.2. The predicted octanol–water partition coefficient (Wildman–Crippen LogP) is 4.08. The van der Waals surface area contributed by atoms with Crippen molar-refractivity contribution < 1.29 is 14.0 Å². The molecule has 0 unspecified atom stereocenters. The van der Waals surface area contributed by atoms with E-state index in [9.17, 15) is 14.0 Å². The molecule has 0 aliphatic carbocycles. The van der Waals surface area contributed by atoms with Crippen molar-refractivity contribution in [3.05, 3.63) is 65.5 Å². The molecule has 0 bridgehead atoms. The molecule has 0 aliphatic heterocycles. The first-order valence-corrected chi connectivity index (χ1v) is 7.41. The molecule has 0 atom stereocenters. The third kappa shape index (κ3) is 4.64. The van der Waals surface area contributed by atoms with Crippen molar-refractivity contribution in [3.8, 4) is 0 Å². The van der Waals surface area contributed by atoms with Gasteiger partial charge in [-0.2, -0.15) is 0 Å². The summed E-state index contributed by atoms with van der Waals surface area (Å²) in [6, 6.07) is 12.6. The van der Waals surface area contributed by atoms with E-state index in [1.165, 1.54) is 19.1 Å². The van der Waals surface area contributed by atoms with Gasteiger partial charge in [0.05, 0.1) is 0 Å². The van der Waals surface area contributed by atoms with E-state index in [4.69, 9.17) is 0 Å². The number of halogens is 1. The Hall–Kier alpha value is -2.69. The van der Waals surface area contributed by atoms with Crippen LogP contribution in [0, 0.1) is 5.82 Å². The van der Waals surface area contributed by atoms with Gasteiger partial charge in [0.15, 0.2) is 5.78 Å². The van der Waals surface area contributed by atoms with Gasteiger partial charge < -0.3 is 10.2 Å². The number of carbonyl (C=O) groups excluding carboxylic acids is 2. The van der Waals surface area contributed by atoms with Gasteiger partial charge in [-0.05, 0) is 55.8 Å².